The third-order valence-electron chi connectivity index (χ3n) is 2.25. The maximum atomic E-state index is 10.0. The number of carboxylic acids is 1. The lowest BCUT2D eigenvalue weighted by atomic mass is 10.2. The number of quaternary nitrogens is 1. The van der Waals surface area contributed by atoms with E-state index in [4.69, 9.17) is 0 Å². The van der Waals surface area contributed by atoms with Crippen LogP contribution in [-0.2, 0) is 4.79 Å². The van der Waals surface area contributed by atoms with Crippen molar-refractivity contribution in [1.29, 1.82) is 0 Å². The first-order valence-corrected chi connectivity index (χ1v) is 4.32. The zero-order valence-corrected chi connectivity index (χ0v) is 6.71. The van der Waals surface area contributed by atoms with E-state index in [1.165, 1.54) is 25.7 Å². The fourth-order valence-corrected chi connectivity index (χ4v) is 1.63. The van der Waals surface area contributed by atoms with Gasteiger partial charge in [0.05, 0.1) is 12.6 Å². The lowest BCUT2D eigenvalue weighted by Gasteiger charge is -2.07. The van der Waals surface area contributed by atoms with E-state index in [-0.39, 0.29) is 6.42 Å². The number of hydrogen-bond acceptors (Lipinski definition) is 2. The second-order valence-corrected chi connectivity index (χ2v) is 3.19. The van der Waals surface area contributed by atoms with E-state index < -0.39 is 5.97 Å². The van der Waals surface area contributed by atoms with Gasteiger partial charge in [-0.1, -0.05) is 0 Å². The van der Waals surface area contributed by atoms with Gasteiger partial charge in [-0.05, 0) is 25.7 Å². The molecule has 1 saturated carbocycles. The third-order valence-corrected chi connectivity index (χ3v) is 2.25. The van der Waals surface area contributed by atoms with Crippen LogP contribution >= 0.6 is 0 Å². The molecule has 0 spiro atoms. The monoisotopic (exact) mass is 157 g/mol. The fourth-order valence-electron chi connectivity index (χ4n) is 1.63. The van der Waals surface area contributed by atoms with Crippen molar-refractivity contribution < 1.29 is 15.2 Å². The molecule has 0 aromatic heterocycles. The molecule has 3 heteroatoms. The molecule has 1 aliphatic rings. The largest absolute Gasteiger partial charge is 0.550 e. The summed E-state index contributed by atoms with van der Waals surface area (Å²) in [6, 6.07) is 0.689. The quantitative estimate of drug-likeness (QED) is 0.547. The molecular formula is C8H15NO2. The van der Waals surface area contributed by atoms with E-state index in [0.29, 0.717) is 12.6 Å². The lowest BCUT2D eigenvalue weighted by Crippen LogP contribution is -2.89. The number of carbonyl (C=O) groups is 1. The van der Waals surface area contributed by atoms with Crippen LogP contribution in [0.5, 0.6) is 0 Å². The first kappa shape index (κ1) is 8.53. The summed E-state index contributed by atoms with van der Waals surface area (Å²) in [6.07, 6.45) is 5.33. The SMILES string of the molecule is O=C([O-])CC[NH2+]C1CCCC1. The number of hydrogen-bond donors (Lipinski definition) is 1. The summed E-state index contributed by atoms with van der Waals surface area (Å²) in [7, 11) is 0. The summed E-state index contributed by atoms with van der Waals surface area (Å²) >= 11 is 0. The highest BCUT2D eigenvalue weighted by Gasteiger charge is 2.16. The second-order valence-electron chi connectivity index (χ2n) is 3.19. The van der Waals surface area contributed by atoms with Gasteiger partial charge in [-0.3, -0.25) is 0 Å². The molecule has 0 aromatic rings. The summed E-state index contributed by atoms with van der Waals surface area (Å²) in [6.45, 7) is 0.687. The number of nitrogens with two attached hydrogens (primary N) is 1. The third kappa shape index (κ3) is 3.37. The van der Waals surface area contributed by atoms with Crippen molar-refractivity contribution in [2.45, 2.75) is 38.1 Å². The number of aliphatic carboxylic acids is 1. The van der Waals surface area contributed by atoms with Gasteiger partial charge < -0.3 is 15.2 Å². The predicted molar refractivity (Wildman–Crippen MR) is 38.7 cm³/mol. The Labute approximate surface area is 66.8 Å². The highest BCUT2D eigenvalue weighted by atomic mass is 16.4. The number of carbonyl (C=O) groups excluding carboxylic acids is 1. The van der Waals surface area contributed by atoms with Crippen LogP contribution in [0.25, 0.3) is 0 Å². The normalized spacial score (nSPS) is 18.9. The Morgan fingerprint density at radius 2 is 2.09 bits per heavy atom. The Balaban J connectivity index is 1.98. The van der Waals surface area contributed by atoms with Gasteiger partial charge in [0.15, 0.2) is 0 Å². The van der Waals surface area contributed by atoms with E-state index in [2.05, 4.69) is 5.32 Å². The maximum Gasteiger partial charge on any atom is 0.0859 e. The van der Waals surface area contributed by atoms with Crippen LogP contribution in [0.2, 0.25) is 0 Å². The molecule has 0 radical (unpaired) electrons. The summed E-state index contributed by atoms with van der Waals surface area (Å²) in [5.41, 5.74) is 0. The minimum absolute atomic E-state index is 0.191. The molecule has 1 fully saturated rings. The maximum absolute atomic E-state index is 10.0. The van der Waals surface area contributed by atoms with Crippen molar-refractivity contribution in [1.82, 2.24) is 0 Å². The van der Waals surface area contributed by atoms with Crippen molar-refractivity contribution in [2.24, 2.45) is 0 Å². The Kier molecular flexibility index (Phi) is 3.36. The summed E-state index contributed by atoms with van der Waals surface area (Å²) in [5, 5.41) is 12.2. The average molecular weight is 157 g/mol. The first-order valence-electron chi connectivity index (χ1n) is 4.32. The van der Waals surface area contributed by atoms with Crippen molar-refractivity contribution in [3.8, 4) is 0 Å². The lowest BCUT2D eigenvalue weighted by molar-refractivity contribution is -0.687. The highest BCUT2D eigenvalue weighted by Crippen LogP contribution is 2.14. The average Bonchev–Trinajstić information content (AvgIpc) is 2.39. The van der Waals surface area contributed by atoms with Gasteiger partial charge in [0, 0.05) is 12.4 Å². The van der Waals surface area contributed by atoms with Crippen molar-refractivity contribution in [2.75, 3.05) is 6.54 Å². The topological polar surface area (TPSA) is 56.7 Å². The van der Waals surface area contributed by atoms with Crippen LogP contribution < -0.4 is 10.4 Å². The van der Waals surface area contributed by atoms with E-state index in [0.717, 1.165) is 0 Å². The molecule has 1 aliphatic carbocycles. The van der Waals surface area contributed by atoms with E-state index >= 15 is 0 Å². The van der Waals surface area contributed by atoms with Crippen LogP contribution in [0.4, 0.5) is 0 Å². The first-order chi connectivity index (χ1) is 5.29. The molecule has 0 bridgehead atoms. The van der Waals surface area contributed by atoms with Crippen molar-refractivity contribution >= 4 is 5.97 Å². The summed E-state index contributed by atoms with van der Waals surface area (Å²) in [4.78, 5) is 10.0. The fraction of sp³-hybridized carbons (Fsp3) is 0.875. The predicted octanol–water partition coefficient (Wildman–Crippen LogP) is -1.37. The molecule has 11 heavy (non-hydrogen) atoms. The van der Waals surface area contributed by atoms with Gasteiger partial charge in [-0.2, -0.15) is 0 Å². The molecule has 0 amide bonds. The molecular weight excluding hydrogens is 142 g/mol. The minimum atomic E-state index is -0.931. The van der Waals surface area contributed by atoms with Gasteiger partial charge in [0.1, 0.15) is 0 Å². The smallest absolute Gasteiger partial charge is 0.0859 e. The van der Waals surface area contributed by atoms with Crippen LogP contribution in [0.15, 0.2) is 0 Å². The van der Waals surface area contributed by atoms with Gasteiger partial charge in [-0.25, -0.2) is 0 Å². The van der Waals surface area contributed by atoms with Crippen LogP contribution in [0.1, 0.15) is 32.1 Å². The Morgan fingerprint density at radius 3 is 2.64 bits per heavy atom. The summed E-state index contributed by atoms with van der Waals surface area (Å²) < 4.78 is 0. The number of rotatable bonds is 4. The minimum Gasteiger partial charge on any atom is -0.550 e. The van der Waals surface area contributed by atoms with Crippen LogP contribution in [0, 0.1) is 0 Å². The highest BCUT2D eigenvalue weighted by molar-refractivity contribution is 5.64. The van der Waals surface area contributed by atoms with Crippen LogP contribution in [-0.4, -0.2) is 18.6 Å². The second kappa shape index (κ2) is 4.34. The molecule has 3 nitrogen and oxygen atoms in total. The van der Waals surface area contributed by atoms with Gasteiger partial charge in [-0.15, -0.1) is 0 Å². The van der Waals surface area contributed by atoms with Crippen molar-refractivity contribution in [3.63, 3.8) is 0 Å². The zero-order chi connectivity index (χ0) is 8.10. The molecule has 64 valence electrons. The molecule has 0 aliphatic heterocycles. The van der Waals surface area contributed by atoms with Gasteiger partial charge in [0.2, 0.25) is 0 Å². The molecule has 2 N–H and O–H groups in total. The van der Waals surface area contributed by atoms with E-state index in [9.17, 15) is 9.90 Å². The molecule has 0 heterocycles. The van der Waals surface area contributed by atoms with Gasteiger partial charge in [0.25, 0.3) is 0 Å². The Bertz CT molecular complexity index is 130. The molecule has 0 atom stereocenters. The Hall–Kier alpha value is -0.570. The molecule has 0 aromatic carbocycles. The van der Waals surface area contributed by atoms with E-state index in [1.54, 1.807) is 0 Å². The van der Waals surface area contributed by atoms with E-state index in [1.807, 2.05) is 0 Å². The number of carboxylic acid groups (broad SMARTS) is 1. The molecule has 1 rings (SSSR count). The molecule has 0 unspecified atom stereocenters. The standard InChI is InChI=1S/C8H15NO2/c10-8(11)5-6-9-7-3-1-2-4-7/h7,9H,1-6H2,(H,10,11). The Morgan fingerprint density at radius 1 is 1.45 bits per heavy atom. The molecule has 0 saturated heterocycles. The zero-order valence-electron chi connectivity index (χ0n) is 6.71. The van der Waals surface area contributed by atoms with Crippen LogP contribution in [0.3, 0.4) is 0 Å². The van der Waals surface area contributed by atoms with Gasteiger partial charge >= 0.3 is 0 Å². The van der Waals surface area contributed by atoms with Crippen molar-refractivity contribution in [3.05, 3.63) is 0 Å². The summed E-state index contributed by atoms with van der Waals surface area (Å²) in [5.74, 6) is -0.931.